The van der Waals surface area contributed by atoms with Gasteiger partial charge in [0.1, 0.15) is 12.2 Å². The van der Waals surface area contributed by atoms with Gasteiger partial charge in [-0.2, -0.15) is 10.4 Å². The van der Waals surface area contributed by atoms with Crippen LogP contribution in [0.1, 0.15) is 46.1 Å². The molecule has 0 unspecified atom stereocenters. The highest BCUT2D eigenvalue weighted by Crippen LogP contribution is 2.39. The van der Waals surface area contributed by atoms with E-state index in [0.717, 1.165) is 56.9 Å². The summed E-state index contributed by atoms with van der Waals surface area (Å²) >= 11 is 0. The molecule has 1 saturated carbocycles. The van der Waals surface area contributed by atoms with Crippen molar-refractivity contribution in [3.8, 4) is 11.8 Å². The largest absolute Gasteiger partial charge is 0.328 e. The molecule has 6 nitrogen and oxygen atoms in total. The fourth-order valence-electron chi connectivity index (χ4n) is 4.25. The lowest BCUT2D eigenvalue weighted by atomic mass is 10.1. The second-order valence-electron chi connectivity index (χ2n) is 8.50. The van der Waals surface area contributed by atoms with Crippen LogP contribution < -0.4 is 4.90 Å². The van der Waals surface area contributed by atoms with Crippen molar-refractivity contribution in [3.63, 3.8) is 0 Å². The highest BCUT2D eigenvalue weighted by Gasteiger charge is 2.32. The molecular weight excluding hydrogens is 386 g/mol. The van der Waals surface area contributed by atoms with E-state index in [9.17, 15) is 4.79 Å². The van der Waals surface area contributed by atoms with Gasteiger partial charge in [-0.3, -0.25) is 4.79 Å². The van der Waals surface area contributed by atoms with Gasteiger partial charge in [-0.15, -0.1) is 0 Å². The van der Waals surface area contributed by atoms with Gasteiger partial charge in [0.15, 0.2) is 0 Å². The molecule has 2 heterocycles. The average Bonchev–Trinajstić information content (AvgIpc) is 3.58. The summed E-state index contributed by atoms with van der Waals surface area (Å²) in [5, 5.41) is 13.7. The Balaban J connectivity index is 1.28. The summed E-state index contributed by atoms with van der Waals surface area (Å²) in [5.74, 6) is 0.575. The number of piperazine rings is 1. The van der Waals surface area contributed by atoms with Crippen LogP contribution in [0.15, 0.2) is 60.7 Å². The first kappa shape index (κ1) is 19.5. The van der Waals surface area contributed by atoms with E-state index in [0.29, 0.717) is 17.2 Å². The van der Waals surface area contributed by atoms with Crippen molar-refractivity contribution in [2.45, 2.75) is 25.3 Å². The predicted molar refractivity (Wildman–Crippen MR) is 117 cm³/mol. The Morgan fingerprint density at radius 2 is 1.77 bits per heavy atom. The molecule has 31 heavy (non-hydrogen) atoms. The van der Waals surface area contributed by atoms with Crippen LogP contribution in [-0.4, -0.2) is 46.8 Å². The zero-order chi connectivity index (χ0) is 21.2. The maximum atomic E-state index is 13.4. The Hall–Kier alpha value is -3.43. The average molecular weight is 413 g/mol. The van der Waals surface area contributed by atoms with E-state index in [1.165, 1.54) is 10.5 Å². The van der Waals surface area contributed by atoms with Crippen LogP contribution in [0.4, 0.5) is 0 Å². The molecule has 1 aliphatic carbocycles. The number of amides is 1. The molecule has 1 aromatic heterocycles. The summed E-state index contributed by atoms with van der Waals surface area (Å²) in [6.45, 7) is 4.23. The summed E-state index contributed by atoms with van der Waals surface area (Å²) in [5.41, 5.74) is 4.56. The lowest BCUT2D eigenvalue weighted by Gasteiger charge is -2.32. The molecule has 3 aromatic rings. The molecule has 5 rings (SSSR count). The van der Waals surface area contributed by atoms with E-state index in [1.807, 2.05) is 70.2 Å². The molecule has 2 fully saturated rings. The molecule has 0 radical (unpaired) electrons. The number of hydrogen-bond acceptors (Lipinski definition) is 3. The van der Waals surface area contributed by atoms with Crippen molar-refractivity contribution in [2.75, 3.05) is 26.2 Å². The summed E-state index contributed by atoms with van der Waals surface area (Å²) in [6, 6.07) is 21.9. The van der Waals surface area contributed by atoms with Crippen LogP contribution in [0.25, 0.3) is 5.69 Å². The van der Waals surface area contributed by atoms with Gasteiger partial charge in [-0.05, 0) is 43.2 Å². The van der Waals surface area contributed by atoms with Gasteiger partial charge in [0.05, 0.1) is 49.2 Å². The number of carbonyl (C=O) groups is 1. The van der Waals surface area contributed by atoms with Crippen molar-refractivity contribution in [2.24, 2.45) is 0 Å². The molecule has 1 amide bonds. The molecule has 0 spiro atoms. The minimum absolute atomic E-state index is 0.0701. The minimum Gasteiger partial charge on any atom is -0.328 e. The molecule has 0 atom stereocenters. The molecule has 6 heteroatoms. The van der Waals surface area contributed by atoms with Crippen molar-refractivity contribution in [1.29, 1.82) is 5.26 Å². The monoisotopic (exact) mass is 412 g/mol. The number of quaternary nitrogens is 1. The van der Waals surface area contributed by atoms with E-state index >= 15 is 0 Å². The number of nitriles is 1. The van der Waals surface area contributed by atoms with Gasteiger partial charge in [0.25, 0.3) is 5.91 Å². The van der Waals surface area contributed by atoms with Gasteiger partial charge in [0.2, 0.25) is 0 Å². The maximum Gasteiger partial charge on any atom is 0.273 e. The fourth-order valence-corrected chi connectivity index (χ4v) is 4.25. The number of benzene rings is 2. The quantitative estimate of drug-likeness (QED) is 0.698. The third kappa shape index (κ3) is 4.23. The lowest BCUT2D eigenvalue weighted by Crippen LogP contribution is -3.13. The summed E-state index contributed by atoms with van der Waals surface area (Å²) < 4.78 is 1.83. The summed E-state index contributed by atoms with van der Waals surface area (Å²) in [4.78, 5) is 16.8. The van der Waals surface area contributed by atoms with Crippen LogP contribution in [0, 0.1) is 11.3 Å². The molecule has 2 aromatic carbocycles. The van der Waals surface area contributed by atoms with Crippen LogP contribution in [0.5, 0.6) is 0 Å². The number of rotatable bonds is 5. The predicted octanol–water partition coefficient (Wildman–Crippen LogP) is 2.16. The standard InChI is InChI=1S/C25H25N5O/c26-17-19-6-8-20(9-7-19)18-28-12-14-29(15-13-28)25(31)24-16-23(21-10-11-21)27-30(24)22-4-2-1-3-5-22/h1-9,16,21H,10-15,18H2/p+1. The van der Waals surface area contributed by atoms with Crippen LogP contribution in [-0.2, 0) is 6.54 Å². The van der Waals surface area contributed by atoms with Crippen molar-refractivity contribution in [3.05, 3.63) is 83.2 Å². The Labute approximate surface area is 182 Å². The molecule has 1 saturated heterocycles. The fraction of sp³-hybridized carbons (Fsp3) is 0.320. The van der Waals surface area contributed by atoms with Gasteiger partial charge in [-0.25, -0.2) is 4.68 Å². The lowest BCUT2D eigenvalue weighted by molar-refractivity contribution is -0.917. The Kier molecular flexibility index (Phi) is 5.27. The normalized spacial score (nSPS) is 16.8. The Morgan fingerprint density at radius 1 is 1.06 bits per heavy atom. The topological polar surface area (TPSA) is 66.4 Å². The second-order valence-corrected chi connectivity index (χ2v) is 8.50. The van der Waals surface area contributed by atoms with E-state index in [1.54, 1.807) is 0 Å². The van der Waals surface area contributed by atoms with E-state index in [2.05, 4.69) is 6.07 Å². The summed E-state index contributed by atoms with van der Waals surface area (Å²) in [6.07, 6.45) is 2.33. The number of carbonyl (C=O) groups excluding carboxylic acids is 1. The molecular formula is C25H26N5O+. The van der Waals surface area contributed by atoms with Crippen LogP contribution in [0.3, 0.4) is 0 Å². The maximum absolute atomic E-state index is 13.4. The minimum atomic E-state index is 0.0701. The van der Waals surface area contributed by atoms with Gasteiger partial charge >= 0.3 is 0 Å². The molecule has 1 N–H and O–H groups in total. The van der Waals surface area contributed by atoms with E-state index in [4.69, 9.17) is 10.4 Å². The smallest absolute Gasteiger partial charge is 0.273 e. The molecule has 2 aliphatic rings. The number of hydrogen-bond donors (Lipinski definition) is 1. The summed E-state index contributed by atoms with van der Waals surface area (Å²) in [7, 11) is 0. The molecule has 156 valence electrons. The van der Waals surface area contributed by atoms with Crippen LogP contribution >= 0.6 is 0 Å². The second kappa shape index (κ2) is 8.37. The third-order valence-corrected chi connectivity index (χ3v) is 6.24. The number of para-hydroxylation sites is 1. The van der Waals surface area contributed by atoms with Gasteiger partial charge in [-0.1, -0.05) is 30.3 Å². The highest BCUT2D eigenvalue weighted by molar-refractivity contribution is 5.93. The number of nitrogens with one attached hydrogen (secondary N) is 1. The molecule has 0 bridgehead atoms. The molecule has 1 aliphatic heterocycles. The van der Waals surface area contributed by atoms with E-state index in [-0.39, 0.29) is 5.91 Å². The van der Waals surface area contributed by atoms with Gasteiger partial charge in [0, 0.05) is 11.5 Å². The zero-order valence-corrected chi connectivity index (χ0v) is 17.5. The number of aromatic nitrogens is 2. The van der Waals surface area contributed by atoms with Crippen molar-refractivity contribution < 1.29 is 9.69 Å². The first-order valence-corrected chi connectivity index (χ1v) is 11.0. The first-order valence-electron chi connectivity index (χ1n) is 11.0. The van der Waals surface area contributed by atoms with Crippen molar-refractivity contribution >= 4 is 5.91 Å². The first-order chi connectivity index (χ1) is 15.2. The SMILES string of the molecule is N#Cc1ccc(C[NH+]2CCN(C(=O)c3cc(C4CC4)nn3-c3ccccc3)CC2)cc1. The Bertz CT molecular complexity index is 1100. The third-order valence-electron chi connectivity index (χ3n) is 6.24. The number of nitrogens with zero attached hydrogens (tertiary/aromatic N) is 4. The zero-order valence-electron chi connectivity index (χ0n) is 17.5. The van der Waals surface area contributed by atoms with Gasteiger partial charge < -0.3 is 9.80 Å². The highest BCUT2D eigenvalue weighted by atomic mass is 16.2. The van der Waals surface area contributed by atoms with E-state index < -0.39 is 0 Å². The van der Waals surface area contributed by atoms with Crippen molar-refractivity contribution in [1.82, 2.24) is 14.7 Å². The Morgan fingerprint density at radius 3 is 2.42 bits per heavy atom. The van der Waals surface area contributed by atoms with Crippen LogP contribution in [0.2, 0.25) is 0 Å².